The molecule has 1 atom stereocenters. The van der Waals surface area contributed by atoms with Crippen molar-refractivity contribution in [2.45, 2.75) is 33.2 Å². The average Bonchev–Trinajstić information content (AvgIpc) is 2.87. The van der Waals surface area contributed by atoms with Gasteiger partial charge in [0.1, 0.15) is 6.04 Å². The van der Waals surface area contributed by atoms with Crippen molar-refractivity contribution in [2.75, 3.05) is 6.61 Å². The maximum Gasteiger partial charge on any atom is 0.328 e. The normalized spacial score (nSPS) is 12.4. The van der Waals surface area contributed by atoms with Gasteiger partial charge in [0.25, 0.3) is 0 Å². The maximum absolute atomic E-state index is 12.1. The Hall–Kier alpha value is -1.88. The number of hydrogen-bond donors (Lipinski definition) is 1. The molecule has 1 aromatic carbocycles. The second kappa shape index (κ2) is 7.40. The minimum atomic E-state index is -0.629. The van der Waals surface area contributed by atoms with Gasteiger partial charge in [0.2, 0.25) is 5.91 Å². The molecule has 0 radical (unpaired) electrons. The summed E-state index contributed by atoms with van der Waals surface area (Å²) in [5, 5.41) is 5.78. The van der Waals surface area contributed by atoms with Crippen LogP contribution in [0.1, 0.15) is 26.3 Å². The fourth-order valence-corrected chi connectivity index (χ4v) is 3.03. The van der Waals surface area contributed by atoms with Gasteiger partial charge in [-0.25, -0.2) is 4.79 Å². The van der Waals surface area contributed by atoms with E-state index in [1.165, 1.54) is 0 Å². The zero-order valence-corrected chi connectivity index (χ0v) is 13.9. The van der Waals surface area contributed by atoms with Gasteiger partial charge in [-0.05, 0) is 35.2 Å². The highest BCUT2D eigenvalue weighted by molar-refractivity contribution is 7.17. The SMILES string of the molecule is CC(C)COC(=O)[C@H](C)NC(=O)Cc1csc2ccccc12. The number of fused-ring (bicyclic) bond motifs is 1. The van der Waals surface area contributed by atoms with E-state index in [2.05, 4.69) is 5.32 Å². The van der Waals surface area contributed by atoms with Gasteiger partial charge in [-0.1, -0.05) is 32.0 Å². The standard InChI is InChI=1S/C17H21NO3S/c1-11(2)9-21-17(20)12(3)18-16(19)8-13-10-22-15-7-5-4-6-14(13)15/h4-7,10-12H,8-9H2,1-3H3,(H,18,19)/t12-/m0/s1. The van der Waals surface area contributed by atoms with Crippen molar-refractivity contribution >= 4 is 33.3 Å². The van der Waals surface area contributed by atoms with Crippen LogP contribution in [0.4, 0.5) is 0 Å². The van der Waals surface area contributed by atoms with Crippen molar-refractivity contribution in [3.63, 3.8) is 0 Å². The van der Waals surface area contributed by atoms with Gasteiger partial charge >= 0.3 is 5.97 Å². The van der Waals surface area contributed by atoms with Gasteiger partial charge in [0.05, 0.1) is 13.0 Å². The lowest BCUT2D eigenvalue weighted by molar-refractivity contribution is -0.148. The molecule has 1 heterocycles. The number of esters is 1. The predicted molar refractivity (Wildman–Crippen MR) is 88.9 cm³/mol. The molecule has 0 aliphatic heterocycles. The number of thiophene rings is 1. The van der Waals surface area contributed by atoms with Crippen LogP contribution in [0.25, 0.3) is 10.1 Å². The first-order chi connectivity index (χ1) is 10.5. The lowest BCUT2D eigenvalue weighted by Crippen LogP contribution is -2.40. The highest BCUT2D eigenvalue weighted by atomic mass is 32.1. The minimum absolute atomic E-state index is 0.169. The smallest absolute Gasteiger partial charge is 0.328 e. The van der Waals surface area contributed by atoms with E-state index in [0.29, 0.717) is 6.61 Å². The topological polar surface area (TPSA) is 55.4 Å². The van der Waals surface area contributed by atoms with E-state index < -0.39 is 12.0 Å². The number of amides is 1. The van der Waals surface area contributed by atoms with E-state index in [1.54, 1.807) is 18.3 Å². The third-order valence-electron chi connectivity index (χ3n) is 3.20. The van der Waals surface area contributed by atoms with Crippen LogP contribution in [-0.4, -0.2) is 24.5 Å². The Morgan fingerprint density at radius 2 is 1.95 bits per heavy atom. The Balaban J connectivity index is 1.91. The molecule has 2 rings (SSSR count). The van der Waals surface area contributed by atoms with Crippen LogP contribution < -0.4 is 5.32 Å². The van der Waals surface area contributed by atoms with Crippen LogP contribution in [0.2, 0.25) is 0 Å². The summed E-state index contributed by atoms with van der Waals surface area (Å²) in [5.41, 5.74) is 0.987. The number of benzene rings is 1. The molecule has 0 fully saturated rings. The van der Waals surface area contributed by atoms with Crippen molar-refractivity contribution in [1.82, 2.24) is 5.32 Å². The third-order valence-corrected chi connectivity index (χ3v) is 4.21. The van der Waals surface area contributed by atoms with E-state index in [0.717, 1.165) is 15.6 Å². The van der Waals surface area contributed by atoms with E-state index in [4.69, 9.17) is 4.74 Å². The Labute approximate surface area is 134 Å². The number of carbonyl (C=O) groups is 2. The lowest BCUT2D eigenvalue weighted by atomic mass is 10.1. The fraction of sp³-hybridized carbons (Fsp3) is 0.412. The molecule has 1 amide bonds. The van der Waals surface area contributed by atoms with Crippen molar-refractivity contribution in [3.8, 4) is 0 Å². The Bertz CT molecular complexity index is 663. The first kappa shape index (κ1) is 16.5. The van der Waals surface area contributed by atoms with Gasteiger partial charge in [-0.2, -0.15) is 0 Å². The second-order valence-corrected chi connectivity index (χ2v) is 6.66. The Morgan fingerprint density at radius 1 is 1.23 bits per heavy atom. The molecule has 0 unspecified atom stereocenters. The molecule has 4 nitrogen and oxygen atoms in total. The molecule has 5 heteroatoms. The summed E-state index contributed by atoms with van der Waals surface area (Å²) in [6, 6.07) is 7.36. The van der Waals surface area contributed by atoms with Gasteiger partial charge in [-0.15, -0.1) is 11.3 Å². The van der Waals surface area contributed by atoms with Crippen LogP contribution in [0, 0.1) is 5.92 Å². The first-order valence-corrected chi connectivity index (χ1v) is 8.26. The van der Waals surface area contributed by atoms with Crippen molar-refractivity contribution in [2.24, 2.45) is 5.92 Å². The zero-order chi connectivity index (χ0) is 16.1. The number of carbonyl (C=O) groups excluding carboxylic acids is 2. The molecule has 0 saturated carbocycles. The predicted octanol–water partition coefficient (Wildman–Crippen LogP) is 3.15. The highest BCUT2D eigenvalue weighted by Gasteiger charge is 2.18. The van der Waals surface area contributed by atoms with E-state index in [9.17, 15) is 9.59 Å². The van der Waals surface area contributed by atoms with Crippen LogP contribution in [0.15, 0.2) is 29.6 Å². The molecule has 118 valence electrons. The van der Waals surface area contributed by atoms with Gasteiger partial charge in [0, 0.05) is 4.70 Å². The summed E-state index contributed by atoms with van der Waals surface area (Å²) in [6.07, 6.45) is 0.270. The molecular formula is C17H21NO3S. The fourth-order valence-electron chi connectivity index (χ4n) is 2.07. The minimum Gasteiger partial charge on any atom is -0.464 e. The zero-order valence-electron chi connectivity index (χ0n) is 13.1. The summed E-state index contributed by atoms with van der Waals surface area (Å²) >= 11 is 1.62. The van der Waals surface area contributed by atoms with Crippen LogP contribution in [-0.2, 0) is 20.7 Å². The van der Waals surface area contributed by atoms with Gasteiger partial charge < -0.3 is 10.1 Å². The summed E-state index contributed by atoms with van der Waals surface area (Å²) < 4.78 is 6.28. The monoisotopic (exact) mass is 319 g/mol. The molecule has 1 aromatic heterocycles. The molecule has 0 aliphatic rings. The average molecular weight is 319 g/mol. The summed E-state index contributed by atoms with van der Waals surface area (Å²) in [4.78, 5) is 23.9. The third kappa shape index (κ3) is 4.31. The molecule has 0 aliphatic carbocycles. The quantitative estimate of drug-likeness (QED) is 0.832. The molecule has 0 saturated heterocycles. The van der Waals surface area contributed by atoms with E-state index >= 15 is 0 Å². The molecule has 22 heavy (non-hydrogen) atoms. The summed E-state index contributed by atoms with van der Waals surface area (Å²) in [6.45, 7) is 5.96. The van der Waals surface area contributed by atoms with E-state index in [1.807, 2.05) is 43.5 Å². The first-order valence-electron chi connectivity index (χ1n) is 7.38. The molecule has 1 N–H and O–H groups in total. The van der Waals surface area contributed by atoms with Crippen molar-refractivity contribution < 1.29 is 14.3 Å². The van der Waals surface area contributed by atoms with E-state index in [-0.39, 0.29) is 18.2 Å². The van der Waals surface area contributed by atoms with Gasteiger partial charge in [0.15, 0.2) is 0 Å². The Morgan fingerprint density at radius 3 is 2.68 bits per heavy atom. The molecular weight excluding hydrogens is 298 g/mol. The number of rotatable bonds is 6. The number of hydrogen-bond acceptors (Lipinski definition) is 4. The maximum atomic E-state index is 12.1. The molecule has 0 spiro atoms. The van der Waals surface area contributed by atoms with Gasteiger partial charge in [-0.3, -0.25) is 4.79 Å². The largest absolute Gasteiger partial charge is 0.464 e. The molecule has 2 aromatic rings. The summed E-state index contributed by atoms with van der Waals surface area (Å²) in [5.74, 6) is -0.279. The van der Waals surface area contributed by atoms with Crippen LogP contribution in [0.5, 0.6) is 0 Å². The highest BCUT2D eigenvalue weighted by Crippen LogP contribution is 2.25. The number of ether oxygens (including phenoxy) is 1. The summed E-state index contributed by atoms with van der Waals surface area (Å²) in [7, 11) is 0. The molecule has 0 bridgehead atoms. The van der Waals surface area contributed by atoms with Crippen LogP contribution >= 0.6 is 11.3 Å². The van der Waals surface area contributed by atoms with Crippen LogP contribution in [0.3, 0.4) is 0 Å². The number of nitrogens with one attached hydrogen (secondary N) is 1. The second-order valence-electron chi connectivity index (χ2n) is 5.75. The van der Waals surface area contributed by atoms with Crippen molar-refractivity contribution in [1.29, 1.82) is 0 Å². The Kier molecular flexibility index (Phi) is 5.55. The van der Waals surface area contributed by atoms with Crippen molar-refractivity contribution in [3.05, 3.63) is 35.2 Å². The lowest BCUT2D eigenvalue weighted by Gasteiger charge is -2.14.